The van der Waals surface area contributed by atoms with Gasteiger partial charge < -0.3 is 14.2 Å². The molecular weight excluding hydrogens is 442 g/mol. The molecule has 9 heteroatoms. The van der Waals surface area contributed by atoms with Gasteiger partial charge in [0.1, 0.15) is 11.7 Å². The molecule has 1 aliphatic heterocycles. The Kier molecular flexibility index (Phi) is 6.68. The average molecular weight is 472 g/mol. The van der Waals surface area contributed by atoms with E-state index < -0.39 is 51.8 Å². The third-order valence-corrected chi connectivity index (χ3v) is 7.54. The predicted octanol–water partition coefficient (Wildman–Crippen LogP) is 4.02. The molecule has 1 saturated heterocycles. The van der Waals surface area contributed by atoms with Crippen molar-refractivity contribution in [1.82, 2.24) is 0 Å². The molecule has 0 unspecified atom stereocenters. The van der Waals surface area contributed by atoms with Gasteiger partial charge in [0.25, 0.3) is 5.69 Å². The summed E-state index contributed by atoms with van der Waals surface area (Å²) >= 11 is 0. The number of allylic oxidation sites excluding steroid dienone is 1. The highest BCUT2D eigenvalue weighted by Gasteiger charge is 2.68. The van der Waals surface area contributed by atoms with E-state index in [4.69, 9.17) is 14.2 Å². The predicted molar refractivity (Wildman–Crippen MR) is 122 cm³/mol. The zero-order valence-electron chi connectivity index (χ0n) is 19.7. The molecule has 34 heavy (non-hydrogen) atoms. The van der Waals surface area contributed by atoms with Crippen molar-refractivity contribution >= 4 is 23.6 Å². The first-order valence-corrected chi connectivity index (χ1v) is 11.0. The standard InChI is InChI=1S/C25H29NO8/c1-7-24(5)19(33-21(27)16-8-10-18(11-9-16)26(30)31)12-17(14(2)3)13-25(24)15(4)20(22(28)32-6)23(29)34-25/h7-11,15,17,19-20H,1-2,12-13H2,3-6H3/t15-,17-,19+,20+,24+,25+/m1/s1. The van der Waals surface area contributed by atoms with E-state index in [1.165, 1.54) is 31.4 Å². The zero-order chi connectivity index (χ0) is 25.4. The van der Waals surface area contributed by atoms with Gasteiger partial charge in [-0.2, -0.15) is 0 Å². The van der Waals surface area contributed by atoms with Gasteiger partial charge in [-0.05, 0) is 44.7 Å². The first-order chi connectivity index (χ1) is 15.9. The Bertz CT molecular complexity index is 1050. The first-order valence-electron chi connectivity index (χ1n) is 11.0. The lowest BCUT2D eigenvalue weighted by Crippen LogP contribution is -2.61. The Hall–Kier alpha value is -3.49. The van der Waals surface area contributed by atoms with E-state index in [2.05, 4.69) is 13.2 Å². The molecule has 1 aliphatic carbocycles. The van der Waals surface area contributed by atoms with Gasteiger partial charge in [-0.1, -0.05) is 25.2 Å². The summed E-state index contributed by atoms with van der Waals surface area (Å²) in [6.45, 7) is 13.4. The largest absolute Gasteiger partial charge is 0.468 e. The summed E-state index contributed by atoms with van der Waals surface area (Å²) < 4.78 is 16.7. The van der Waals surface area contributed by atoms with Crippen LogP contribution in [-0.4, -0.2) is 41.6 Å². The molecule has 1 aromatic carbocycles. The van der Waals surface area contributed by atoms with Gasteiger partial charge in [0.2, 0.25) is 0 Å². The molecule has 6 atom stereocenters. The van der Waals surface area contributed by atoms with E-state index >= 15 is 0 Å². The molecule has 0 aromatic heterocycles. The van der Waals surface area contributed by atoms with E-state index in [0.29, 0.717) is 12.8 Å². The zero-order valence-corrected chi connectivity index (χ0v) is 19.7. The summed E-state index contributed by atoms with van der Waals surface area (Å²) in [6, 6.07) is 5.10. The van der Waals surface area contributed by atoms with Gasteiger partial charge in [-0.3, -0.25) is 19.7 Å². The molecule has 2 aliphatic rings. The van der Waals surface area contributed by atoms with Crippen LogP contribution < -0.4 is 0 Å². The van der Waals surface area contributed by atoms with Gasteiger partial charge in [0.15, 0.2) is 5.92 Å². The number of carbonyl (C=O) groups excluding carboxylic acids is 3. The summed E-state index contributed by atoms with van der Waals surface area (Å²) in [7, 11) is 1.21. The quantitative estimate of drug-likeness (QED) is 0.152. The lowest BCUT2D eigenvalue weighted by Gasteiger charge is -2.55. The minimum atomic E-state index is -1.19. The van der Waals surface area contributed by atoms with Crippen LogP contribution in [0.15, 0.2) is 49.1 Å². The maximum Gasteiger partial charge on any atom is 0.338 e. The van der Waals surface area contributed by atoms with Gasteiger partial charge in [-0.25, -0.2) is 4.79 Å². The highest BCUT2D eigenvalue weighted by Crippen LogP contribution is 2.59. The number of nitro groups is 1. The van der Waals surface area contributed by atoms with Crippen molar-refractivity contribution in [3.63, 3.8) is 0 Å². The number of nitrogens with zero attached hydrogens (tertiary/aromatic N) is 1. The Balaban J connectivity index is 2.01. The Morgan fingerprint density at radius 3 is 2.41 bits per heavy atom. The minimum Gasteiger partial charge on any atom is -0.468 e. The van der Waals surface area contributed by atoms with Crippen LogP contribution in [0.1, 0.15) is 44.0 Å². The molecule has 1 aromatic rings. The SMILES string of the molecule is C=C[C@@]1(C)[C@@H](OC(=O)c2ccc([N+](=O)[O-])cc2)C[C@@H](C(=C)C)C[C@@]12OC(=O)[C@H](C(=O)OC)[C@H]2C. The van der Waals surface area contributed by atoms with Gasteiger partial charge >= 0.3 is 17.9 Å². The maximum absolute atomic E-state index is 13.0. The van der Waals surface area contributed by atoms with Crippen LogP contribution in [0.25, 0.3) is 0 Å². The Labute approximate surface area is 197 Å². The van der Waals surface area contributed by atoms with E-state index in [0.717, 1.165) is 5.57 Å². The second kappa shape index (κ2) is 9.04. The van der Waals surface area contributed by atoms with Gasteiger partial charge in [-0.15, -0.1) is 6.58 Å². The molecule has 3 rings (SSSR count). The molecular formula is C25H29NO8. The van der Waals surface area contributed by atoms with Crippen LogP contribution in [0.2, 0.25) is 0 Å². The molecule has 2 fully saturated rings. The number of methoxy groups -OCH3 is 1. The van der Waals surface area contributed by atoms with Crippen LogP contribution >= 0.6 is 0 Å². The van der Waals surface area contributed by atoms with Crippen LogP contribution in [0.3, 0.4) is 0 Å². The molecule has 1 heterocycles. The molecule has 0 amide bonds. The van der Waals surface area contributed by atoms with Crippen LogP contribution in [-0.2, 0) is 23.8 Å². The van der Waals surface area contributed by atoms with Crippen molar-refractivity contribution in [2.45, 2.75) is 45.3 Å². The van der Waals surface area contributed by atoms with Crippen molar-refractivity contribution in [1.29, 1.82) is 0 Å². The number of esters is 3. The molecule has 0 bridgehead atoms. The molecule has 1 saturated carbocycles. The second-order valence-electron chi connectivity index (χ2n) is 9.27. The molecule has 182 valence electrons. The fourth-order valence-corrected chi connectivity index (χ4v) is 5.28. The topological polar surface area (TPSA) is 122 Å². The third kappa shape index (κ3) is 3.89. The normalized spacial score (nSPS) is 32.5. The summed E-state index contributed by atoms with van der Waals surface area (Å²) in [5.74, 6) is -3.90. The number of ether oxygens (including phenoxy) is 3. The lowest BCUT2D eigenvalue weighted by molar-refractivity contribution is -0.384. The smallest absolute Gasteiger partial charge is 0.338 e. The van der Waals surface area contributed by atoms with Gasteiger partial charge in [0, 0.05) is 18.1 Å². The fourth-order valence-electron chi connectivity index (χ4n) is 5.28. The summed E-state index contributed by atoms with van der Waals surface area (Å²) in [6.07, 6.45) is 1.64. The molecule has 9 nitrogen and oxygen atoms in total. The second-order valence-corrected chi connectivity index (χ2v) is 9.27. The van der Waals surface area contributed by atoms with E-state index in [1.54, 1.807) is 19.9 Å². The summed E-state index contributed by atoms with van der Waals surface area (Å²) in [5, 5.41) is 10.9. The van der Waals surface area contributed by atoms with Crippen molar-refractivity contribution in [2.75, 3.05) is 7.11 Å². The van der Waals surface area contributed by atoms with Gasteiger partial charge in [0.05, 0.1) is 23.0 Å². The highest BCUT2D eigenvalue weighted by atomic mass is 16.6. The van der Waals surface area contributed by atoms with E-state index in [1.807, 2.05) is 6.92 Å². The first kappa shape index (κ1) is 25.1. The number of rotatable bonds is 6. The monoisotopic (exact) mass is 471 g/mol. The minimum absolute atomic E-state index is 0.146. The van der Waals surface area contributed by atoms with Crippen molar-refractivity contribution in [3.05, 3.63) is 64.8 Å². The van der Waals surface area contributed by atoms with Crippen LogP contribution in [0, 0.1) is 33.3 Å². The number of benzene rings is 1. The lowest BCUT2D eigenvalue weighted by atomic mass is 9.54. The number of hydrogen-bond donors (Lipinski definition) is 0. The number of carbonyl (C=O) groups is 3. The Morgan fingerprint density at radius 1 is 1.29 bits per heavy atom. The molecule has 1 spiro atoms. The maximum atomic E-state index is 13.0. The fraction of sp³-hybridized carbons (Fsp3) is 0.480. The van der Waals surface area contributed by atoms with E-state index in [-0.39, 0.29) is 17.2 Å². The number of nitro benzene ring substituents is 1. The molecule has 0 radical (unpaired) electrons. The number of hydrogen-bond acceptors (Lipinski definition) is 8. The molecule has 0 N–H and O–H groups in total. The van der Waals surface area contributed by atoms with Crippen molar-refractivity contribution in [3.8, 4) is 0 Å². The Morgan fingerprint density at radius 2 is 1.91 bits per heavy atom. The van der Waals surface area contributed by atoms with Crippen molar-refractivity contribution < 1.29 is 33.5 Å². The highest BCUT2D eigenvalue weighted by molar-refractivity contribution is 5.97. The summed E-state index contributed by atoms with van der Waals surface area (Å²) in [4.78, 5) is 48.6. The van der Waals surface area contributed by atoms with Crippen molar-refractivity contribution in [2.24, 2.45) is 23.2 Å². The number of non-ortho nitro benzene ring substituents is 1. The average Bonchev–Trinajstić information content (AvgIpc) is 3.06. The van der Waals surface area contributed by atoms with Crippen LogP contribution in [0.5, 0.6) is 0 Å². The third-order valence-electron chi connectivity index (χ3n) is 7.54. The summed E-state index contributed by atoms with van der Waals surface area (Å²) in [5.41, 5.74) is -1.40. The van der Waals surface area contributed by atoms with E-state index in [9.17, 15) is 24.5 Å². The van der Waals surface area contributed by atoms with Crippen LogP contribution in [0.4, 0.5) is 5.69 Å².